The number of nitrogens with one attached hydrogen (secondary N) is 1. The molecular formula is C19H19N3O7S. The third-order valence-corrected chi connectivity index (χ3v) is 5.55. The van der Waals surface area contributed by atoms with Crippen LogP contribution in [0, 0.1) is 10.1 Å². The molecule has 0 spiro atoms. The first-order chi connectivity index (χ1) is 14.1. The van der Waals surface area contributed by atoms with E-state index in [2.05, 4.69) is 5.32 Å². The molecule has 1 aliphatic rings. The average molecular weight is 433 g/mol. The smallest absolute Gasteiger partial charge is 0.271 e. The maximum Gasteiger partial charge on any atom is 0.271 e. The predicted molar refractivity (Wildman–Crippen MR) is 107 cm³/mol. The van der Waals surface area contributed by atoms with E-state index in [1.807, 2.05) is 0 Å². The van der Waals surface area contributed by atoms with Crippen molar-refractivity contribution in [2.45, 2.75) is 4.90 Å². The van der Waals surface area contributed by atoms with Crippen LogP contribution in [0.25, 0.3) is 0 Å². The van der Waals surface area contributed by atoms with Crippen molar-refractivity contribution in [1.29, 1.82) is 0 Å². The van der Waals surface area contributed by atoms with E-state index in [1.54, 1.807) is 23.1 Å². The second kappa shape index (κ2) is 8.59. The lowest BCUT2D eigenvalue weighted by molar-refractivity contribution is -0.385. The zero-order chi connectivity index (χ0) is 21.9. The molecule has 1 aliphatic heterocycles. The van der Waals surface area contributed by atoms with Crippen LogP contribution < -0.4 is 5.32 Å². The number of ether oxygens (including phenoxy) is 1. The second-order valence-corrected chi connectivity index (χ2v) is 8.70. The molecule has 0 aliphatic carbocycles. The summed E-state index contributed by atoms with van der Waals surface area (Å²) < 4.78 is 28.8. The predicted octanol–water partition coefficient (Wildman–Crippen LogP) is 1.72. The number of hydrogen-bond acceptors (Lipinski definition) is 7. The topological polar surface area (TPSA) is 136 Å². The fraction of sp³-hybridized carbons (Fsp3) is 0.263. The maximum atomic E-state index is 12.6. The number of hydrogen-bond donors (Lipinski definition) is 1. The minimum Gasteiger partial charge on any atom is -0.378 e. The van der Waals surface area contributed by atoms with Crippen LogP contribution in [0.1, 0.15) is 20.7 Å². The van der Waals surface area contributed by atoms with Gasteiger partial charge in [0, 0.05) is 48.3 Å². The first kappa shape index (κ1) is 21.4. The Morgan fingerprint density at radius 1 is 1.10 bits per heavy atom. The molecule has 0 saturated carbocycles. The summed E-state index contributed by atoms with van der Waals surface area (Å²) in [5.74, 6) is -0.941. The minimum atomic E-state index is -3.76. The molecule has 1 heterocycles. The summed E-state index contributed by atoms with van der Waals surface area (Å²) in [7, 11) is -3.76. The summed E-state index contributed by atoms with van der Waals surface area (Å²) in [6, 6.07) is 9.22. The van der Waals surface area contributed by atoms with Crippen molar-refractivity contribution in [3.8, 4) is 0 Å². The molecular weight excluding hydrogens is 414 g/mol. The lowest BCUT2D eigenvalue weighted by Crippen LogP contribution is -2.40. The number of anilines is 1. The van der Waals surface area contributed by atoms with Gasteiger partial charge in [-0.1, -0.05) is 6.07 Å². The molecule has 0 unspecified atom stereocenters. The zero-order valence-electron chi connectivity index (χ0n) is 16.0. The van der Waals surface area contributed by atoms with Gasteiger partial charge >= 0.3 is 0 Å². The molecule has 3 rings (SSSR count). The highest BCUT2D eigenvalue weighted by molar-refractivity contribution is 7.90. The number of sulfone groups is 1. The Balaban J connectivity index is 1.85. The van der Waals surface area contributed by atoms with Crippen molar-refractivity contribution in [1.82, 2.24) is 4.90 Å². The lowest BCUT2D eigenvalue weighted by atomic mass is 10.1. The van der Waals surface area contributed by atoms with Crippen molar-refractivity contribution in [3.63, 3.8) is 0 Å². The molecule has 1 fully saturated rings. The largest absolute Gasteiger partial charge is 0.378 e. The standard InChI is InChI=1S/C19H19N3O7S/c1-30(27,28)17-11-14(10-16(12-17)22(25)26)18(23)20-15-4-2-3-13(9-15)19(24)21-5-7-29-8-6-21/h2-4,9-12H,5-8H2,1H3,(H,20,23). The van der Waals surface area contributed by atoms with Crippen LogP contribution in [0.2, 0.25) is 0 Å². The number of nitrogens with zero attached hydrogens (tertiary/aromatic N) is 2. The molecule has 10 nitrogen and oxygen atoms in total. The molecule has 0 aromatic heterocycles. The normalized spacial score (nSPS) is 14.2. The van der Waals surface area contributed by atoms with Crippen molar-refractivity contribution >= 4 is 33.0 Å². The van der Waals surface area contributed by atoms with Crippen molar-refractivity contribution in [3.05, 3.63) is 63.7 Å². The summed E-state index contributed by atoms with van der Waals surface area (Å²) >= 11 is 0. The SMILES string of the molecule is CS(=O)(=O)c1cc(C(=O)Nc2cccc(C(=O)N3CCOCC3)c2)cc([N+](=O)[O-])c1. The molecule has 0 atom stereocenters. The molecule has 0 radical (unpaired) electrons. The third-order valence-electron chi connectivity index (χ3n) is 4.46. The molecule has 1 saturated heterocycles. The van der Waals surface area contributed by atoms with Gasteiger partial charge in [0.1, 0.15) is 0 Å². The summed E-state index contributed by atoms with van der Waals surface area (Å²) in [5.41, 5.74) is -0.0362. The van der Waals surface area contributed by atoms with Crippen LogP contribution in [0.15, 0.2) is 47.4 Å². The number of rotatable bonds is 5. The highest BCUT2D eigenvalue weighted by Gasteiger charge is 2.21. The van der Waals surface area contributed by atoms with Crippen molar-refractivity contribution in [2.24, 2.45) is 0 Å². The van der Waals surface area contributed by atoms with Gasteiger partial charge in [0.05, 0.1) is 23.0 Å². The van der Waals surface area contributed by atoms with E-state index in [0.29, 0.717) is 37.6 Å². The lowest BCUT2D eigenvalue weighted by Gasteiger charge is -2.27. The fourth-order valence-corrected chi connectivity index (χ4v) is 3.59. The summed E-state index contributed by atoms with van der Waals surface area (Å²) in [6.45, 7) is 1.85. The first-order valence-corrected chi connectivity index (χ1v) is 10.8. The second-order valence-electron chi connectivity index (χ2n) is 6.68. The van der Waals surface area contributed by atoms with Crippen molar-refractivity contribution < 1.29 is 27.7 Å². The molecule has 2 aromatic rings. The monoisotopic (exact) mass is 433 g/mol. The highest BCUT2D eigenvalue weighted by atomic mass is 32.2. The van der Waals surface area contributed by atoms with Gasteiger partial charge in [-0.15, -0.1) is 0 Å². The molecule has 158 valence electrons. The van der Waals surface area contributed by atoms with E-state index in [1.165, 1.54) is 6.07 Å². The zero-order valence-corrected chi connectivity index (χ0v) is 16.8. The number of non-ortho nitro benzene ring substituents is 1. The number of carbonyl (C=O) groups excluding carboxylic acids is 2. The van der Waals surface area contributed by atoms with Crippen LogP contribution in [0.5, 0.6) is 0 Å². The Bertz CT molecular complexity index is 1110. The quantitative estimate of drug-likeness (QED) is 0.560. The van der Waals surface area contributed by atoms with E-state index in [9.17, 15) is 28.1 Å². The van der Waals surface area contributed by atoms with Gasteiger partial charge in [0.15, 0.2) is 9.84 Å². The van der Waals surface area contributed by atoms with Gasteiger partial charge in [0.2, 0.25) is 0 Å². The Kier molecular flexibility index (Phi) is 6.13. The molecule has 2 amide bonds. The van der Waals surface area contributed by atoms with Gasteiger partial charge < -0.3 is 15.0 Å². The van der Waals surface area contributed by atoms with Crippen molar-refractivity contribution in [2.75, 3.05) is 37.9 Å². The Morgan fingerprint density at radius 3 is 2.43 bits per heavy atom. The summed E-state index contributed by atoms with van der Waals surface area (Å²) in [4.78, 5) is 36.9. The van der Waals surface area contributed by atoms with Gasteiger partial charge in [-0.3, -0.25) is 19.7 Å². The Morgan fingerprint density at radius 2 is 1.80 bits per heavy atom. The van der Waals surface area contributed by atoms with Gasteiger partial charge in [0.25, 0.3) is 17.5 Å². The number of morpholine rings is 1. The van der Waals surface area contributed by atoms with E-state index in [4.69, 9.17) is 4.74 Å². The summed E-state index contributed by atoms with van der Waals surface area (Å²) in [5, 5.41) is 13.7. The molecule has 30 heavy (non-hydrogen) atoms. The minimum absolute atomic E-state index is 0.186. The summed E-state index contributed by atoms with van der Waals surface area (Å²) in [6.07, 6.45) is 0.897. The van der Waals surface area contributed by atoms with Crippen LogP contribution in [0.4, 0.5) is 11.4 Å². The molecule has 2 aromatic carbocycles. The number of nitro groups is 1. The highest BCUT2D eigenvalue weighted by Crippen LogP contribution is 2.22. The van der Waals surface area contributed by atoms with E-state index >= 15 is 0 Å². The Hall–Kier alpha value is -3.31. The number of nitro benzene ring substituents is 1. The number of carbonyl (C=O) groups is 2. The van der Waals surface area contributed by atoms with Crippen LogP contribution >= 0.6 is 0 Å². The average Bonchev–Trinajstić information content (AvgIpc) is 2.73. The van der Waals surface area contributed by atoms with Gasteiger partial charge in [-0.2, -0.15) is 0 Å². The van der Waals surface area contributed by atoms with Crippen LogP contribution in [-0.4, -0.2) is 62.6 Å². The molecule has 1 N–H and O–H groups in total. The number of benzene rings is 2. The van der Waals surface area contributed by atoms with Crippen LogP contribution in [-0.2, 0) is 14.6 Å². The van der Waals surface area contributed by atoms with E-state index in [-0.39, 0.29) is 16.4 Å². The van der Waals surface area contributed by atoms with Gasteiger partial charge in [-0.05, 0) is 24.3 Å². The first-order valence-electron chi connectivity index (χ1n) is 8.93. The van der Waals surface area contributed by atoms with Crippen LogP contribution in [0.3, 0.4) is 0 Å². The van der Waals surface area contributed by atoms with Gasteiger partial charge in [-0.25, -0.2) is 8.42 Å². The molecule has 0 bridgehead atoms. The molecule has 11 heteroatoms. The number of amides is 2. The Labute approximate surface area is 172 Å². The third kappa shape index (κ3) is 4.99. The fourth-order valence-electron chi connectivity index (χ4n) is 2.92. The van der Waals surface area contributed by atoms with E-state index < -0.39 is 26.4 Å². The van der Waals surface area contributed by atoms with E-state index in [0.717, 1.165) is 24.5 Å². The maximum absolute atomic E-state index is 12.6.